The lowest BCUT2D eigenvalue weighted by molar-refractivity contribution is -0.142. The molecule has 0 saturated carbocycles. The molecule has 4 rings (SSSR count). The Morgan fingerprint density at radius 3 is 2.88 bits per heavy atom. The average Bonchev–Trinajstić information content (AvgIpc) is 2.89. The van der Waals surface area contributed by atoms with Crippen molar-refractivity contribution in [3.63, 3.8) is 0 Å². The number of hydrogen-bond acceptors (Lipinski definition) is 4. The Morgan fingerprint density at radius 1 is 1.25 bits per heavy atom. The van der Waals surface area contributed by atoms with Gasteiger partial charge in [0.2, 0.25) is 5.91 Å². The Kier molecular flexibility index (Phi) is 4.57. The number of amides is 1. The van der Waals surface area contributed by atoms with Gasteiger partial charge in [-0.1, -0.05) is 29.8 Å². The topological polar surface area (TPSA) is 42.0 Å². The van der Waals surface area contributed by atoms with Crippen LogP contribution in [0.3, 0.4) is 0 Å². The van der Waals surface area contributed by atoms with Gasteiger partial charge in [0, 0.05) is 32.7 Å². The first kappa shape index (κ1) is 16.1. The minimum Gasteiger partial charge on any atom is -0.378 e. The maximum Gasteiger partial charge on any atom is 0.228 e. The van der Waals surface area contributed by atoms with Crippen LogP contribution in [0.15, 0.2) is 24.3 Å². The summed E-state index contributed by atoms with van der Waals surface area (Å²) in [6.45, 7) is 7.61. The van der Waals surface area contributed by atoms with E-state index in [1.165, 1.54) is 11.1 Å². The van der Waals surface area contributed by atoms with Crippen LogP contribution < -0.4 is 0 Å². The summed E-state index contributed by atoms with van der Waals surface area (Å²) in [5, 5.41) is 0. The number of likely N-dealkylation sites (tertiary alicyclic amines) is 1. The Hall–Kier alpha value is -1.43. The third-order valence-corrected chi connectivity index (χ3v) is 5.36. The number of rotatable bonds is 3. The van der Waals surface area contributed by atoms with E-state index < -0.39 is 0 Å². The maximum absolute atomic E-state index is 12.8. The van der Waals surface area contributed by atoms with Gasteiger partial charge in [-0.2, -0.15) is 0 Å². The lowest BCUT2D eigenvalue weighted by atomic mass is 9.98. The van der Waals surface area contributed by atoms with Crippen molar-refractivity contribution in [2.45, 2.75) is 32.1 Å². The molecular weight excluding hydrogens is 304 g/mol. The highest BCUT2D eigenvalue weighted by Gasteiger charge is 2.45. The van der Waals surface area contributed by atoms with Gasteiger partial charge in [0.05, 0.1) is 31.3 Å². The normalized spacial score (nSPS) is 30.5. The summed E-state index contributed by atoms with van der Waals surface area (Å²) in [6.07, 6.45) is 1.11. The molecule has 0 radical (unpaired) electrons. The van der Waals surface area contributed by atoms with E-state index in [1.54, 1.807) is 0 Å². The summed E-state index contributed by atoms with van der Waals surface area (Å²) in [7, 11) is 0. The second-order valence-electron chi connectivity index (χ2n) is 7.26. The molecule has 1 amide bonds. The van der Waals surface area contributed by atoms with Gasteiger partial charge < -0.3 is 14.4 Å². The molecule has 24 heavy (non-hydrogen) atoms. The molecule has 0 spiro atoms. The van der Waals surface area contributed by atoms with Crippen LogP contribution in [-0.4, -0.2) is 67.3 Å². The number of hydrogen-bond donors (Lipinski definition) is 0. The molecule has 1 aromatic carbocycles. The number of ether oxygens (including phenoxy) is 2. The minimum absolute atomic E-state index is 0.0237. The van der Waals surface area contributed by atoms with Crippen LogP contribution in [0, 0.1) is 12.8 Å². The molecule has 2 bridgehead atoms. The molecular formula is C19H26N2O3. The SMILES string of the molecule is Cc1cccc(CN2C[C@H]3C[C@H](C(=O)N4CCOCC4)[C@@H](C2)O3)c1. The Balaban J connectivity index is 1.39. The average molecular weight is 330 g/mol. The van der Waals surface area contributed by atoms with E-state index in [2.05, 4.69) is 36.1 Å². The molecule has 3 fully saturated rings. The van der Waals surface area contributed by atoms with Crippen LogP contribution in [0.2, 0.25) is 0 Å². The van der Waals surface area contributed by atoms with E-state index in [0.717, 1.165) is 39.1 Å². The summed E-state index contributed by atoms with van der Waals surface area (Å²) in [5.74, 6) is 0.291. The first-order chi connectivity index (χ1) is 11.7. The minimum atomic E-state index is 0.0237. The van der Waals surface area contributed by atoms with Crippen molar-refractivity contribution >= 4 is 5.91 Å². The van der Waals surface area contributed by atoms with E-state index >= 15 is 0 Å². The fourth-order valence-electron chi connectivity index (χ4n) is 4.21. The molecule has 0 aromatic heterocycles. The summed E-state index contributed by atoms with van der Waals surface area (Å²) in [4.78, 5) is 17.2. The number of morpholine rings is 2. The molecule has 1 aromatic rings. The van der Waals surface area contributed by atoms with Crippen molar-refractivity contribution in [3.8, 4) is 0 Å². The molecule has 3 aliphatic heterocycles. The highest BCUT2D eigenvalue weighted by Crippen LogP contribution is 2.34. The zero-order valence-corrected chi connectivity index (χ0v) is 14.3. The number of nitrogens with zero attached hydrogens (tertiary/aromatic N) is 2. The largest absolute Gasteiger partial charge is 0.378 e. The molecule has 5 heteroatoms. The number of carbonyl (C=O) groups is 1. The number of carbonyl (C=O) groups excluding carboxylic acids is 1. The maximum atomic E-state index is 12.8. The summed E-state index contributed by atoms with van der Waals surface area (Å²) < 4.78 is 11.5. The molecule has 3 heterocycles. The monoisotopic (exact) mass is 330 g/mol. The van der Waals surface area contributed by atoms with Gasteiger partial charge in [-0.25, -0.2) is 0 Å². The van der Waals surface area contributed by atoms with Crippen LogP contribution >= 0.6 is 0 Å². The molecule has 3 aliphatic rings. The lowest BCUT2D eigenvalue weighted by Gasteiger charge is -2.34. The van der Waals surface area contributed by atoms with Crippen LogP contribution in [0.25, 0.3) is 0 Å². The van der Waals surface area contributed by atoms with Gasteiger partial charge in [0.25, 0.3) is 0 Å². The number of fused-ring (bicyclic) bond motifs is 2. The van der Waals surface area contributed by atoms with Crippen LogP contribution in [0.4, 0.5) is 0 Å². The smallest absolute Gasteiger partial charge is 0.228 e. The molecule has 3 saturated heterocycles. The van der Waals surface area contributed by atoms with Crippen molar-refractivity contribution < 1.29 is 14.3 Å². The van der Waals surface area contributed by atoms with Gasteiger partial charge >= 0.3 is 0 Å². The van der Waals surface area contributed by atoms with Crippen molar-refractivity contribution in [2.24, 2.45) is 5.92 Å². The van der Waals surface area contributed by atoms with E-state index in [-0.39, 0.29) is 24.0 Å². The predicted molar refractivity (Wildman–Crippen MR) is 90.6 cm³/mol. The van der Waals surface area contributed by atoms with Gasteiger partial charge in [-0.3, -0.25) is 9.69 Å². The highest BCUT2D eigenvalue weighted by atomic mass is 16.5. The first-order valence-electron chi connectivity index (χ1n) is 8.99. The Bertz CT molecular complexity index is 600. The second kappa shape index (κ2) is 6.82. The van der Waals surface area contributed by atoms with Crippen molar-refractivity contribution in [2.75, 3.05) is 39.4 Å². The first-order valence-corrected chi connectivity index (χ1v) is 8.99. The fraction of sp³-hybridized carbons (Fsp3) is 0.632. The van der Waals surface area contributed by atoms with E-state index in [1.807, 2.05) is 4.90 Å². The van der Waals surface area contributed by atoms with Gasteiger partial charge in [0.1, 0.15) is 0 Å². The van der Waals surface area contributed by atoms with Crippen molar-refractivity contribution in [3.05, 3.63) is 35.4 Å². The van der Waals surface area contributed by atoms with E-state index in [0.29, 0.717) is 13.2 Å². The van der Waals surface area contributed by atoms with Gasteiger partial charge in [0.15, 0.2) is 0 Å². The van der Waals surface area contributed by atoms with Gasteiger partial charge in [-0.15, -0.1) is 0 Å². The molecule has 0 aliphatic carbocycles. The summed E-state index contributed by atoms with van der Waals surface area (Å²) in [6, 6.07) is 8.67. The van der Waals surface area contributed by atoms with E-state index in [9.17, 15) is 4.79 Å². The van der Waals surface area contributed by atoms with Crippen LogP contribution in [-0.2, 0) is 20.8 Å². The van der Waals surface area contributed by atoms with Gasteiger partial charge in [-0.05, 0) is 18.9 Å². The molecule has 5 nitrogen and oxygen atoms in total. The third kappa shape index (κ3) is 3.34. The number of aryl methyl sites for hydroxylation is 1. The molecule has 130 valence electrons. The standard InChI is InChI=1S/C19H26N2O3/c1-14-3-2-4-15(9-14)11-20-12-16-10-17(18(13-20)24-16)19(22)21-5-7-23-8-6-21/h2-4,9,16-18H,5-8,10-13H2,1H3/t16-,17+,18-/m1/s1. The van der Waals surface area contributed by atoms with E-state index in [4.69, 9.17) is 9.47 Å². The molecule has 0 N–H and O–H groups in total. The summed E-state index contributed by atoms with van der Waals surface area (Å²) in [5.41, 5.74) is 2.64. The van der Waals surface area contributed by atoms with Crippen molar-refractivity contribution in [1.82, 2.24) is 9.80 Å². The second-order valence-corrected chi connectivity index (χ2v) is 7.26. The quantitative estimate of drug-likeness (QED) is 0.841. The highest BCUT2D eigenvalue weighted by molar-refractivity contribution is 5.80. The third-order valence-electron chi connectivity index (χ3n) is 5.36. The molecule has 0 unspecified atom stereocenters. The lowest BCUT2D eigenvalue weighted by Crippen LogP contribution is -2.48. The number of benzene rings is 1. The summed E-state index contributed by atoms with van der Waals surface area (Å²) >= 11 is 0. The fourth-order valence-corrected chi connectivity index (χ4v) is 4.21. The Labute approximate surface area is 143 Å². The van der Waals surface area contributed by atoms with Crippen LogP contribution in [0.1, 0.15) is 17.5 Å². The zero-order chi connectivity index (χ0) is 16.5. The predicted octanol–water partition coefficient (Wildman–Crippen LogP) is 1.44. The molecule has 3 atom stereocenters. The van der Waals surface area contributed by atoms with Crippen LogP contribution in [0.5, 0.6) is 0 Å². The van der Waals surface area contributed by atoms with Crippen molar-refractivity contribution in [1.29, 1.82) is 0 Å². The zero-order valence-electron chi connectivity index (χ0n) is 14.3. The Morgan fingerprint density at radius 2 is 2.08 bits per heavy atom.